The highest BCUT2D eigenvalue weighted by Gasteiger charge is 2.11. The van der Waals surface area contributed by atoms with E-state index in [1.54, 1.807) is 18.2 Å². The average molecular weight is 297 g/mol. The van der Waals surface area contributed by atoms with Crippen LogP contribution in [-0.2, 0) is 4.74 Å². The molecule has 0 spiro atoms. The third-order valence-corrected chi connectivity index (χ3v) is 2.85. The number of rotatable bonds is 9. The van der Waals surface area contributed by atoms with Crippen LogP contribution in [0.15, 0.2) is 18.2 Å². The Kier molecular flexibility index (Phi) is 7.56. The number of benzene rings is 1. The first-order valence-electron chi connectivity index (χ1n) is 6.88. The van der Waals surface area contributed by atoms with Crippen LogP contribution in [-0.4, -0.2) is 51.1 Å². The summed E-state index contributed by atoms with van der Waals surface area (Å²) in [7, 11) is 3.05. The van der Waals surface area contributed by atoms with Crippen LogP contribution < -0.4 is 14.8 Å². The minimum absolute atomic E-state index is 0.221. The Balaban J connectivity index is 2.58. The van der Waals surface area contributed by atoms with E-state index in [-0.39, 0.29) is 12.5 Å². The number of hydrogen-bond donors (Lipinski definition) is 2. The lowest BCUT2D eigenvalue weighted by molar-refractivity contribution is 0.0587. The lowest BCUT2D eigenvalue weighted by atomic mass is 10.2. The van der Waals surface area contributed by atoms with Crippen LogP contribution in [0.25, 0.3) is 0 Å². The summed E-state index contributed by atoms with van der Waals surface area (Å²) in [4.78, 5) is 12.0. The van der Waals surface area contributed by atoms with Crippen molar-refractivity contribution >= 4 is 5.91 Å². The van der Waals surface area contributed by atoms with Crippen molar-refractivity contribution in [2.45, 2.75) is 19.4 Å². The van der Waals surface area contributed by atoms with Crippen molar-refractivity contribution in [3.63, 3.8) is 0 Å². The van der Waals surface area contributed by atoms with Crippen LogP contribution in [0.3, 0.4) is 0 Å². The predicted molar refractivity (Wildman–Crippen MR) is 79.0 cm³/mol. The number of hydrogen-bond acceptors (Lipinski definition) is 5. The van der Waals surface area contributed by atoms with E-state index in [1.807, 2.05) is 6.92 Å². The van der Waals surface area contributed by atoms with Gasteiger partial charge in [0.05, 0.1) is 26.4 Å². The molecule has 0 bridgehead atoms. The number of aliphatic hydroxyl groups is 1. The first kappa shape index (κ1) is 17.3. The van der Waals surface area contributed by atoms with Crippen molar-refractivity contribution in [3.8, 4) is 11.5 Å². The van der Waals surface area contributed by atoms with Crippen LogP contribution in [0.4, 0.5) is 0 Å². The quantitative estimate of drug-likeness (QED) is 0.716. The van der Waals surface area contributed by atoms with Gasteiger partial charge in [-0.05, 0) is 31.5 Å². The Morgan fingerprint density at radius 2 is 2.10 bits per heavy atom. The molecule has 2 N–H and O–H groups in total. The predicted octanol–water partition coefficient (Wildman–Crippen LogP) is 1.22. The van der Waals surface area contributed by atoms with Crippen LogP contribution in [0.5, 0.6) is 11.5 Å². The topological polar surface area (TPSA) is 77.0 Å². The van der Waals surface area contributed by atoms with Crippen molar-refractivity contribution in [2.24, 2.45) is 0 Å². The Labute approximate surface area is 125 Å². The monoisotopic (exact) mass is 297 g/mol. The molecular weight excluding hydrogens is 274 g/mol. The molecule has 0 heterocycles. The van der Waals surface area contributed by atoms with Gasteiger partial charge in [-0.3, -0.25) is 4.79 Å². The molecule has 0 fully saturated rings. The number of ether oxygens (including phenoxy) is 3. The van der Waals surface area contributed by atoms with Gasteiger partial charge in [0.1, 0.15) is 0 Å². The first-order valence-corrected chi connectivity index (χ1v) is 6.88. The van der Waals surface area contributed by atoms with E-state index in [1.165, 1.54) is 14.2 Å². The normalized spacial score (nSPS) is 11.8. The van der Waals surface area contributed by atoms with Gasteiger partial charge < -0.3 is 24.6 Å². The summed E-state index contributed by atoms with van der Waals surface area (Å²) in [5.74, 6) is 0.900. The summed E-state index contributed by atoms with van der Waals surface area (Å²) < 4.78 is 15.4. The summed E-state index contributed by atoms with van der Waals surface area (Å²) in [6.45, 7) is 3.04. The van der Waals surface area contributed by atoms with E-state index in [0.717, 1.165) is 0 Å². The van der Waals surface area contributed by atoms with Gasteiger partial charge in [-0.15, -0.1) is 0 Å². The largest absolute Gasteiger partial charge is 0.493 e. The SMILES string of the molecule is CCOc1ccc(C(=O)NCCC(O)COC)cc1OC. The molecule has 0 aliphatic rings. The molecule has 118 valence electrons. The molecule has 1 aromatic carbocycles. The zero-order valence-corrected chi connectivity index (χ0v) is 12.7. The third-order valence-electron chi connectivity index (χ3n) is 2.85. The molecule has 0 aromatic heterocycles. The van der Waals surface area contributed by atoms with Gasteiger partial charge in [0.2, 0.25) is 0 Å². The molecule has 0 aliphatic carbocycles. The Morgan fingerprint density at radius 1 is 1.33 bits per heavy atom. The summed E-state index contributed by atoms with van der Waals surface area (Å²) >= 11 is 0. The summed E-state index contributed by atoms with van der Waals surface area (Å²) in [5.41, 5.74) is 0.483. The Morgan fingerprint density at radius 3 is 2.71 bits per heavy atom. The van der Waals surface area contributed by atoms with Gasteiger partial charge in [-0.25, -0.2) is 0 Å². The lowest BCUT2D eigenvalue weighted by Crippen LogP contribution is -2.28. The van der Waals surface area contributed by atoms with E-state index in [4.69, 9.17) is 14.2 Å². The van der Waals surface area contributed by atoms with Crippen molar-refractivity contribution < 1.29 is 24.1 Å². The maximum Gasteiger partial charge on any atom is 0.251 e. The minimum atomic E-state index is -0.579. The number of methoxy groups -OCH3 is 2. The molecular formula is C15H23NO5. The van der Waals surface area contributed by atoms with E-state index >= 15 is 0 Å². The number of nitrogens with one attached hydrogen (secondary N) is 1. The fourth-order valence-corrected chi connectivity index (χ4v) is 1.81. The molecule has 1 amide bonds. The van der Waals surface area contributed by atoms with Crippen LogP contribution in [0.1, 0.15) is 23.7 Å². The average Bonchev–Trinajstić information content (AvgIpc) is 2.48. The fourth-order valence-electron chi connectivity index (χ4n) is 1.81. The highest BCUT2D eigenvalue weighted by molar-refractivity contribution is 5.94. The maximum atomic E-state index is 12.0. The Hall–Kier alpha value is -1.79. The van der Waals surface area contributed by atoms with Gasteiger partial charge in [0.25, 0.3) is 5.91 Å². The summed E-state index contributed by atoms with van der Waals surface area (Å²) in [6.07, 6.45) is -0.140. The standard InChI is InChI=1S/C15H23NO5/c1-4-21-13-6-5-11(9-14(13)20-3)15(18)16-8-7-12(17)10-19-2/h5-6,9,12,17H,4,7-8,10H2,1-3H3,(H,16,18). The van der Waals surface area contributed by atoms with Gasteiger partial charge in [-0.1, -0.05) is 0 Å². The number of carbonyl (C=O) groups is 1. The maximum absolute atomic E-state index is 12.0. The molecule has 1 atom stereocenters. The molecule has 0 radical (unpaired) electrons. The van der Waals surface area contributed by atoms with E-state index < -0.39 is 6.10 Å². The molecule has 0 saturated carbocycles. The third kappa shape index (κ3) is 5.61. The van der Waals surface area contributed by atoms with E-state index in [0.29, 0.717) is 36.6 Å². The molecule has 1 unspecified atom stereocenters. The zero-order valence-electron chi connectivity index (χ0n) is 12.7. The van der Waals surface area contributed by atoms with Crippen molar-refractivity contribution in [1.29, 1.82) is 0 Å². The number of carbonyl (C=O) groups excluding carboxylic acids is 1. The number of amides is 1. The lowest BCUT2D eigenvalue weighted by Gasteiger charge is -2.12. The van der Waals surface area contributed by atoms with Crippen molar-refractivity contribution in [1.82, 2.24) is 5.32 Å². The molecule has 0 aliphatic heterocycles. The molecule has 1 aromatic rings. The van der Waals surface area contributed by atoms with Crippen molar-refractivity contribution in [3.05, 3.63) is 23.8 Å². The molecule has 0 saturated heterocycles. The minimum Gasteiger partial charge on any atom is -0.493 e. The van der Waals surface area contributed by atoms with Gasteiger partial charge >= 0.3 is 0 Å². The molecule has 21 heavy (non-hydrogen) atoms. The number of aliphatic hydroxyl groups excluding tert-OH is 1. The second-order valence-corrected chi connectivity index (χ2v) is 4.45. The van der Waals surface area contributed by atoms with Crippen LogP contribution in [0.2, 0.25) is 0 Å². The molecule has 6 nitrogen and oxygen atoms in total. The Bertz CT molecular complexity index is 450. The van der Waals surface area contributed by atoms with E-state index in [2.05, 4.69) is 5.32 Å². The van der Waals surface area contributed by atoms with Gasteiger partial charge in [0.15, 0.2) is 11.5 Å². The van der Waals surface area contributed by atoms with Crippen molar-refractivity contribution in [2.75, 3.05) is 34.0 Å². The molecule has 6 heteroatoms. The zero-order chi connectivity index (χ0) is 15.7. The first-order chi connectivity index (χ1) is 10.1. The second kappa shape index (κ2) is 9.20. The van der Waals surface area contributed by atoms with E-state index in [9.17, 15) is 9.90 Å². The fraction of sp³-hybridized carbons (Fsp3) is 0.533. The van der Waals surface area contributed by atoms with Crippen LogP contribution >= 0.6 is 0 Å². The summed E-state index contributed by atoms with van der Waals surface area (Å²) in [6, 6.07) is 5.01. The van der Waals surface area contributed by atoms with Gasteiger partial charge in [-0.2, -0.15) is 0 Å². The highest BCUT2D eigenvalue weighted by atomic mass is 16.5. The van der Waals surface area contributed by atoms with Gasteiger partial charge in [0, 0.05) is 19.2 Å². The second-order valence-electron chi connectivity index (χ2n) is 4.45. The van der Waals surface area contributed by atoms with Crippen LogP contribution in [0, 0.1) is 0 Å². The highest BCUT2D eigenvalue weighted by Crippen LogP contribution is 2.27. The molecule has 1 rings (SSSR count). The summed E-state index contributed by atoms with van der Waals surface area (Å²) in [5, 5.41) is 12.2. The smallest absolute Gasteiger partial charge is 0.251 e.